The normalized spacial score (nSPS) is 22.9. The Morgan fingerprint density at radius 2 is 2.00 bits per heavy atom. The molecule has 2 bridgehead atoms. The van der Waals surface area contributed by atoms with Gasteiger partial charge in [-0.2, -0.15) is 0 Å². The second-order valence-corrected chi connectivity index (χ2v) is 10.3. The summed E-state index contributed by atoms with van der Waals surface area (Å²) in [4.78, 5) is 30.2. The number of fused-ring (bicyclic) bond motifs is 1. The maximum Gasteiger partial charge on any atom is 0.253 e. The number of anilines is 1. The molecule has 186 valence electrons. The molecule has 0 unspecified atom stereocenters. The van der Waals surface area contributed by atoms with Gasteiger partial charge in [-0.25, -0.2) is 9.37 Å². The highest BCUT2D eigenvalue weighted by molar-refractivity contribution is 6.07. The smallest absolute Gasteiger partial charge is 0.253 e. The van der Waals surface area contributed by atoms with Crippen LogP contribution in [-0.2, 0) is 16.1 Å². The van der Waals surface area contributed by atoms with Crippen LogP contribution in [0.25, 0.3) is 11.0 Å². The third-order valence-electron chi connectivity index (χ3n) is 8.15. The summed E-state index contributed by atoms with van der Waals surface area (Å²) in [6.45, 7) is 0.976. The van der Waals surface area contributed by atoms with Crippen LogP contribution >= 0.6 is 0 Å². The fourth-order valence-electron chi connectivity index (χ4n) is 6.36. The van der Waals surface area contributed by atoms with E-state index in [4.69, 9.17) is 4.74 Å². The molecule has 2 saturated carbocycles. The molecule has 1 heterocycles. The summed E-state index contributed by atoms with van der Waals surface area (Å²) in [7, 11) is 1.45. The number of benzene rings is 2. The van der Waals surface area contributed by atoms with Crippen molar-refractivity contribution in [1.29, 1.82) is 0 Å². The molecule has 0 saturated heterocycles. The number of nitrogens with one attached hydrogen (secondary N) is 2. The van der Waals surface area contributed by atoms with E-state index in [2.05, 4.69) is 27.8 Å². The first-order valence-electron chi connectivity index (χ1n) is 12.5. The SMILES string of the molecule is COCC(=O)Nc1cc(C(=O)NC[C@H]2C[C@H]3C=C[C@H]2C32CC2)c2c(c1)ncn2Cc1ccc(F)cc1. The van der Waals surface area contributed by atoms with Gasteiger partial charge in [0.05, 0.1) is 22.9 Å². The fourth-order valence-corrected chi connectivity index (χ4v) is 6.36. The molecule has 0 radical (unpaired) electrons. The van der Waals surface area contributed by atoms with E-state index in [9.17, 15) is 14.0 Å². The Bertz CT molecular complexity index is 1360. The van der Waals surface area contributed by atoms with Crippen molar-refractivity contribution in [3.8, 4) is 0 Å². The molecule has 3 aromatic rings. The number of methoxy groups -OCH3 is 1. The largest absolute Gasteiger partial charge is 0.375 e. The Morgan fingerprint density at radius 1 is 1.19 bits per heavy atom. The standard InChI is InChI=1S/C28H29FN4O3/c1-36-15-25(34)32-21-11-22(27(35)30-13-18-10-19-4-7-23(18)28(19)8-9-28)26-24(12-21)31-16-33(26)14-17-2-5-20(29)6-3-17/h2-7,11-12,16,18-19,23H,8-10,13-15H2,1H3,(H,30,35)(H,32,34)/t18-,19-,23-/m1/s1. The number of rotatable bonds is 8. The first kappa shape index (κ1) is 22.9. The highest BCUT2D eigenvalue weighted by Crippen LogP contribution is 2.69. The number of allylic oxidation sites excluding steroid dienone is 2. The number of imidazole rings is 1. The van der Waals surface area contributed by atoms with Crippen molar-refractivity contribution in [3.05, 3.63) is 71.8 Å². The van der Waals surface area contributed by atoms with Crippen LogP contribution in [0.4, 0.5) is 10.1 Å². The zero-order chi connectivity index (χ0) is 24.9. The van der Waals surface area contributed by atoms with Crippen molar-refractivity contribution < 1.29 is 18.7 Å². The van der Waals surface area contributed by atoms with Gasteiger partial charge < -0.3 is 19.9 Å². The number of halogens is 1. The minimum atomic E-state index is -0.308. The van der Waals surface area contributed by atoms with Gasteiger partial charge in [0.25, 0.3) is 5.91 Å². The number of hydrogen-bond acceptors (Lipinski definition) is 4. The molecule has 6 rings (SSSR count). The van der Waals surface area contributed by atoms with Gasteiger partial charge in [0, 0.05) is 25.9 Å². The second kappa shape index (κ2) is 8.85. The first-order valence-corrected chi connectivity index (χ1v) is 12.5. The number of nitrogens with zero attached hydrogens (tertiary/aromatic N) is 2. The molecule has 2 aromatic carbocycles. The Balaban J connectivity index is 1.28. The van der Waals surface area contributed by atoms with Gasteiger partial charge in [0.15, 0.2) is 0 Å². The topological polar surface area (TPSA) is 85.2 Å². The first-order chi connectivity index (χ1) is 17.5. The molecule has 7 nitrogen and oxygen atoms in total. The molecule has 2 N–H and O–H groups in total. The van der Waals surface area contributed by atoms with Crippen LogP contribution < -0.4 is 10.6 Å². The molecule has 0 aliphatic heterocycles. The van der Waals surface area contributed by atoms with E-state index in [-0.39, 0.29) is 24.2 Å². The van der Waals surface area contributed by atoms with Crippen LogP contribution in [0, 0.1) is 29.0 Å². The molecular weight excluding hydrogens is 459 g/mol. The molecule has 1 spiro atoms. The summed E-state index contributed by atoms with van der Waals surface area (Å²) in [5.41, 5.74) is 3.57. The van der Waals surface area contributed by atoms with Crippen LogP contribution in [0.15, 0.2) is 54.9 Å². The predicted molar refractivity (Wildman–Crippen MR) is 134 cm³/mol. The van der Waals surface area contributed by atoms with Gasteiger partial charge in [-0.1, -0.05) is 24.3 Å². The summed E-state index contributed by atoms with van der Waals surface area (Å²) in [5.74, 6) is 0.877. The molecule has 8 heteroatoms. The third kappa shape index (κ3) is 3.99. The van der Waals surface area contributed by atoms with E-state index >= 15 is 0 Å². The molecule has 2 fully saturated rings. The number of hydrogen-bond donors (Lipinski definition) is 2. The third-order valence-corrected chi connectivity index (χ3v) is 8.15. The number of carbonyl (C=O) groups excluding carboxylic acids is 2. The van der Waals surface area contributed by atoms with Crippen LogP contribution in [0.3, 0.4) is 0 Å². The average Bonchev–Trinajstić information content (AvgIpc) is 3.37. The molecule has 36 heavy (non-hydrogen) atoms. The number of aromatic nitrogens is 2. The van der Waals surface area contributed by atoms with Gasteiger partial charge in [-0.3, -0.25) is 9.59 Å². The molecule has 3 aliphatic carbocycles. The van der Waals surface area contributed by atoms with Crippen molar-refractivity contribution in [1.82, 2.24) is 14.9 Å². The zero-order valence-electron chi connectivity index (χ0n) is 20.2. The average molecular weight is 489 g/mol. The van der Waals surface area contributed by atoms with Crippen LogP contribution in [0.1, 0.15) is 35.2 Å². The molecule has 3 atom stereocenters. The van der Waals surface area contributed by atoms with Crippen molar-refractivity contribution in [2.75, 3.05) is 25.6 Å². The van der Waals surface area contributed by atoms with E-state index in [0.717, 1.165) is 12.0 Å². The van der Waals surface area contributed by atoms with Crippen LogP contribution in [-0.4, -0.2) is 41.6 Å². The Kier molecular flexibility index (Phi) is 5.63. The summed E-state index contributed by atoms with van der Waals surface area (Å²) in [5, 5.41) is 5.97. The fraction of sp³-hybridized carbons (Fsp3) is 0.393. The van der Waals surface area contributed by atoms with Crippen LogP contribution in [0.2, 0.25) is 0 Å². The molecule has 3 aliphatic rings. The summed E-state index contributed by atoms with van der Waals surface area (Å²) in [6.07, 6.45) is 10.1. The lowest BCUT2D eigenvalue weighted by Crippen LogP contribution is -2.32. The van der Waals surface area contributed by atoms with Crippen LogP contribution in [0.5, 0.6) is 0 Å². The lowest BCUT2D eigenvalue weighted by atomic mass is 9.89. The Hall–Kier alpha value is -3.52. The highest BCUT2D eigenvalue weighted by atomic mass is 19.1. The summed E-state index contributed by atoms with van der Waals surface area (Å²) in [6, 6.07) is 9.71. The van der Waals surface area contributed by atoms with E-state index < -0.39 is 0 Å². The second-order valence-electron chi connectivity index (χ2n) is 10.3. The number of amides is 2. The number of ether oxygens (including phenoxy) is 1. The van der Waals surface area contributed by atoms with Crippen molar-refractivity contribution in [3.63, 3.8) is 0 Å². The van der Waals surface area contributed by atoms with Gasteiger partial charge in [-0.05, 0) is 72.3 Å². The highest BCUT2D eigenvalue weighted by Gasteiger charge is 2.62. The number of carbonyl (C=O) groups is 2. The van der Waals surface area contributed by atoms with Gasteiger partial charge in [0.2, 0.25) is 5.91 Å². The molecular formula is C28H29FN4O3. The van der Waals surface area contributed by atoms with Gasteiger partial charge >= 0.3 is 0 Å². The van der Waals surface area contributed by atoms with Crippen molar-refractivity contribution in [2.24, 2.45) is 23.2 Å². The molecule has 1 aromatic heterocycles. The van der Waals surface area contributed by atoms with E-state index in [1.165, 1.54) is 32.1 Å². The summed E-state index contributed by atoms with van der Waals surface area (Å²) >= 11 is 0. The minimum Gasteiger partial charge on any atom is -0.375 e. The van der Waals surface area contributed by atoms with Gasteiger partial charge in [-0.15, -0.1) is 0 Å². The Morgan fingerprint density at radius 3 is 2.72 bits per heavy atom. The van der Waals surface area contributed by atoms with Crippen molar-refractivity contribution >= 4 is 28.5 Å². The van der Waals surface area contributed by atoms with Crippen molar-refractivity contribution in [2.45, 2.75) is 25.8 Å². The lowest BCUT2D eigenvalue weighted by molar-refractivity contribution is -0.119. The van der Waals surface area contributed by atoms with E-state index in [1.807, 2.05) is 4.57 Å². The molecule has 2 amide bonds. The van der Waals surface area contributed by atoms with Gasteiger partial charge in [0.1, 0.15) is 12.4 Å². The predicted octanol–water partition coefficient (Wildman–Crippen LogP) is 4.14. The monoisotopic (exact) mass is 488 g/mol. The minimum absolute atomic E-state index is 0.0852. The zero-order valence-corrected chi connectivity index (χ0v) is 20.2. The van der Waals surface area contributed by atoms with E-state index in [0.29, 0.717) is 58.5 Å². The van der Waals surface area contributed by atoms with E-state index in [1.54, 1.807) is 30.6 Å². The maximum absolute atomic E-state index is 13.6. The summed E-state index contributed by atoms with van der Waals surface area (Å²) < 4.78 is 20.2. The lowest BCUT2D eigenvalue weighted by Gasteiger charge is -2.20. The maximum atomic E-state index is 13.6. The quantitative estimate of drug-likeness (QED) is 0.467. The Labute approximate surface area is 208 Å².